The van der Waals surface area contributed by atoms with Gasteiger partial charge in [-0.15, -0.1) is 0 Å². The van der Waals surface area contributed by atoms with E-state index in [1.807, 2.05) is 6.92 Å². The van der Waals surface area contributed by atoms with Gasteiger partial charge in [0.1, 0.15) is 11.3 Å². The van der Waals surface area contributed by atoms with Crippen LogP contribution in [0.15, 0.2) is 41.3 Å². The summed E-state index contributed by atoms with van der Waals surface area (Å²) in [6.07, 6.45) is 3.92. The normalized spacial score (nSPS) is 10.5. The average molecular weight is 329 g/mol. The van der Waals surface area contributed by atoms with E-state index in [4.69, 9.17) is 0 Å². The number of aromatic nitrogens is 1. The van der Waals surface area contributed by atoms with Gasteiger partial charge in [-0.25, -0.2) is 4.79 Å². The number of ketones is 1. The highest BCUT2D eigenvalue weighted by Gasteiger charge is 2.19. The molecule has 24 heavy (non-hydrogen) atoms. The van der Waals surface area contributed by atoms with Crippen LogP contribution in [0.25, 0.3) is 0 Å². The number of carbonyl (C=O) groups excluding carboxylic acids is 1. The summed E-state index contributed by atoms with van der Waals surface area (Å²) in [7, 11) is 0. The molecule has 1 aromatic heterocycles. The van der Waals surface area contributed by atoms with Crippen LogP contribution in [0, 0.1) is 0 Å². The Bertz CT molecular complexity index is 822. The lowest BCUT2D eigenvalue weighted by Crippen LogP contribution is -2.27. The van der Waals surface area contributed by atoms with Gasteiger partial charge >= 0.3 is 5.97 Å². The zero-order valence-corrected chi connectivity index (χ0v) is 13.4. The summed E-state index contributed by atoms with van der Waals surface area (Å²) < 4.78 is 1.26. The number of hydrogen-bond donors (Lipinski definition) is 2. The number of nitrogens with zero attached hydrogens (tertiary/aromatic N) is 1. The highest BCUT2D eigenvalue weighted by Crippen LogP contribution is 2.20. The first-order valence-corrected chi connectivity index (χ1v) is 7.76. The zero-order valence-electron chi connectivity index (χ0n) is 13.4. The Hall–Kier alpha value is -2.89. The van der Waals surface area contributed by atoms with Crippen LogP contribution >= 0.6 is 0 Å². The van der Waals surface area contributed by atoms with E-state index in [0.717, 1.165) is 18.9 Å². The van der Waals surface area contributed by atoms with Gasteiger partial charge < -0.3 is 14.8 Å². The lowest BCUT2D eigenvalue weighted by molar-refractivity contribution is 0.0694. The number of hydrogen-bond acceptors (Lipinski definition) is 4. The van der Waals surface area contributed by atoms with Gasteiger partial charge in [-0.1, -0.05) is 31.9 Å². The molecule has 0 bridgehead atoms. The first-order valence-electron chi connectivity index (χ1n) is 7.76. The Morgan fingerprint density at radius 2 is 1.83 bits per heavy atom. The van der Waals surface area contributed by atoms with Crippen molar-refractivity contribution < 1.29 is 19.8 Å². The molecule has 0 aliphatic heterocycles. The molecular formula is C18H19NO5. The van der Waals surface area contributed by atoms with Crippen LogP contribution in [0.3, 0.4) is 0 Å². The fourth-order valence-corrected chi connectivity index (χ4v) is 2.43. The molecule has 2 N–H and O–H groups in total. The number of para-hydroxylation sites is 1. The van der Waals surface area contributed by atoms with E-state index >= 15 is 0 Å². The lowest BCUT2D eigenvalue weighted by Gasteiger charge is -2.10. The SMILES string of the molecule is CCCCCn1cc(C(=O)c2ccccc2O)cc(C(=O)O)c1=O. The zero-order chi connectivity index (χ0) is 17.7. The topological polar surface area (TPSA) is 96.6 Å². The minimum absolute atomic E-state index is 0.0602. The molecule has 0 saturated carbocycles. The molecule has 6 heteroatoms. The van der Waals surface area contributed by atoms with Gasteiger partial charge in [-0.2, -0.15) is 0 Å². The van der Waals surface area contributed by atoms with Crippen molar-refractivity contribution in [3.63, 3.8) is 0 Å². The van der Waals surface area contributed by atoms with Gasteiger partial charge in [0.05, 0.1) is 5.56 Å². The number of carboxylic acids is 1. The largest absolute Gasteiger partial charge is 0.507 e. The van der Waals surface area contributed by atoms with Crippen LogP contribution in [0.5, 0.6) is 5.75 Å². The summed E-state index contributed by atoms with van der Waals surface area (Å²) in [5.74, 6) is -2.10. The fourth-order valence-electron chi connectivity index (χ4n) is 2.43. The molecule has 0 aliphatic rings. The molecule has 1 heterocycles. The van der Waals surface area contributed by atoms with E-state index in [0.29, 0.717) is 13.0 Å². The van der Waals surface area contributed by atoms with E-state index in [2.05, 4.69) is 0 Å². The summed E-state index contributed by atoms with van der Waals surface area (Å²) in [5.41, 5.74) is -0.960. The van der Waals surface area contributed by atoms with Gasteiger partial charge in [-0.05, 0) is 24.6 Å². The van der Waals surface area contributed by atoms with E-state index in [9.17, 15) is 24.6 Å². The maximum Gasteiger partial charge on any atom is 0.341 e. The Morgan fingerprint density at radius 1 is 1.12 bits per heavy atom. The molecule has 0 aliphatic carbocycles. The van der Waals surface area contributed by atoms with Gasteiger partial charge in [0.25, 0.3) is 5.56 Å². The standard InChI is InChI=1S/C18H19NO5/c1-2-3-6-9-19-11-12(10-14(17(19)22)18(23)24)16(21)13-7-4-5-8-15(13)20/h4-5,7-8,10-11,20H,2-3,6,9H2,1H3,(H,23,24). The number of pyridine rings is 1. The first-order chi connectivity index (χ1) is 11.5. The van der Waals surface area contributed by atoms with Crippen molar-refractivity contribution in [2.75, 3.05) is 0 Å². The molecule has 0 spiro atoms. The number of carbonyl (C=O) groups is 2. The van der Waals surface area contributed by atoms with E-state index in [-0.39, 0.29) is 16.9 Å². The maximum absolute atomic E-state index is 12.6. The molecule has 0 saturated heterocycles. The van der Waals surface area contributed by atoms with Gasteiger partial charge in [0.2, 0.25) is 0 Å². The number of unbranched alkanes of at least 4 members (excludes halogenated alkanes) is 2. The second-order valence-electron chi connectivity index (χ2n) is 5.50. The van der Waals surface area contributed by atoms with Gasteiger partial charge in [0.15, 0.2) is 5.78 Å². The van der Waals surface area contributed by atoms with Crippen molar-refractivity contribution in [3.8, 4) is 5.75 Å². The summed E-state index contributed by atoms with van der Waals surface area (Å²) in [5, 5.41) is 19.0. The van der Waals surface area contributed by atoms with Crippen molar-refractivity contribution >= 4 is 11.8 Å². The summed E-state index contributed by atoms with van der Waals surface area (Å²) in [4.78, 5) is 36.1. The van der Waals surface area contributed by atoms with Crippen LogP contribution in [-0.2, 0) is 6.54 Å². The number of aromatic carboxylic acids is 1. The monoisotopic (exact) mass is 329 g/mol. The number of aromatic hydroxyl groups is 1. The van der Waals surface area contributed by atoms with E-state index in [1.165, 1.54) is 22.9 Å². The molecule has 0 amide bonds. The Morgan fingerprint density at radius 3 is 2.46 bits per heavy atom. The fraction of sp³-hybridized carbons (Fsp3) is 0.278. The Labute approximate surface area is 139 Å². The number of rotatable bonds is 7. The lowest BCUT2D eigenvalue weighted by atomic mass is 10.0. The van der Waals surface area contributed by atoms with Crippen molar-refractivity contribution in [1.82, 2.24) is 4.57 Å². The third-order valence-corrected chi connectivity index (χ3v) is 3.73. The van der Waals surface area contributed by atoms with Crippen molar-refractivity contribution in [2.45, 2.75) is 32.7 Å². The van der Waals surface area contributed by atoms with Crippen molar-refractivity contribution in [2.24, 2.45) is 0 Å². The maximum atomic E-state index is 12.6. The van der Waals surface area contributed by atoms with Crippen molar-refractivity contribution in [1.29, 1.82) is 0 Å². The van der Waals surface area contributed by atoms with Crippen LogP contribution in [-0.4, -0.2) is 26.5 Å². The summed E-state index contributed by atoms with van der Waals surface area (Å²) >= 11 is 0. The second kappa shape index (κ2) is 7.59. The highest BCUT2D eigenvalue weighted by molar-refractivity contribution is 6.11. The average Bonchev–Trinajstić information content (AvgIpc) is 2.56. The summed E-state index contributed by atoms with van der Waals surface area (Å²) in [6.45, 7) is 2.36. The molecule has 126 valence electrons. The first kappa shape index (κ1) is 17.5. The van der Waals surface area contributed by atoms with Crippen molar-refractivity contribution in [3.05, 3.63) is 63.6 Å². The number of phenolic OH excluding ortho intramolecular Hbond substituents is 1. The van der Waals surface area contributed by atoms with Crippen LogP contribution in [0.4, 0.5) is 0 Å². The number of benzene rings is 1. The van der Waals surface area contributed by atoms with E-state index < -0.39 is 22.9 Å². The van der Waals surface area contributed by atoms with Gasteiger partial charge in [-0.3, -0.25) is 9.59 Å². The molecule has 0 unspecified atom stereocenters. The third kappa shape index (κ3) is 3.71. The van der Waals surface area contributed by atoms with E-state index in [1.54, 1.807) is 12.1 Å². The molecule has 0 fully saturated rings. The van der Waals surface area contributed by atoms with Crippen LogP contribution in [0.2, 0.25) is 0 Å². The smallest absolute Gasteiger partial charge is 0.341 e. The summed E-state index contributed by atoms with van der Waals surface area (Å²) in [6, 6.07) is 7.08. The second-order valence-corrected chi connectivity index (χ2v) is 5.50. The minimum atomic E-state index is -1.38. The Kier molecular flexibility index (Phi) is 5.52. The Balaban J connectivity index is 2.49. The minimum Gasteiger partial charge on any atom is -0.507 e. The number of carboxylic acid groups (broad SMARTS) is 1. The molecule has 6 nitrogen and oxygen atoms in total. The number of aryl methyl sites for hydroxylation is 1. The third-order valence-electron chi connectivity index (χ3n) is 3.73. The molecule has 2 rings (SSSR count). The van der Waals surface area contributed by atoms with Crippen LogP contribution < -0.4 is 5.56 Å². The number of phenols is 1. The molecule has 0 atom stereocenters. The predicted molar refractivity (Wildman–Crippen MR) is 88.7 cm³/mol. The molecular weight excluding hydrogens is 310 g/mol. The van der Waals surface area contributed by atoms with Gasteiger partial charge in [0, 0.05) is 18.3 Å². The molecule has 1 aromatic carbocycles. The predicted octanol–water partition coefficient (Wildman–Crippen LogP) is 2.67. The molecule has 2 aromatic rings. The highest BCUT2D eigenvalue weighted by atomic mass is 16.4. The molecule has 0 radical (unpaired) electrons. The van der Waals surface area contributed by atoms with Crippen LogP contribution in [0.1, 0.15) is 52.5 Å². The quantitative estimate of drug-likeness (QED) is 0.601.